The summed E-state index contributed by atoms with van der Waals surface area (Å²) in [5, 5.41) is 8.87. The van der Waals surface area contributed by atoms with E-state index in [1.165, 1.54) is 0 Å². The van der Waals surface area contributed by atoms with Gasteiger partial charge in [-0.3, -0.25) is 4.68 Å². The van der Waals surface area contributed by atoms with Gasteiger partial charge >= 0.3 is 0 Å². The molecule has 0 amide bonds. The average molecular weight is 361 g/mol. The SMILES string of the molecule is Cn1ccc(CCc2nc(-c3cc(Cl)c4c(c3)OCCCO4)no2)n1. The van der Waals surface area contributed by atoms with Crippen molar-refractivity contribution in [1.29, 1.82) is 0 Å². The average Bonchev–Trinajstić information content (AvgIpc) is 3.16. The minimum absolute atomic E-state index is 0.480. The summed E-state index contributed by atoms with van der Waals surface area (Å²) in [5.41, 5.74) is 1.72. The fraction of sp³-hybridized carbons (Fsp3) is 0.353. The number of rotatable bonds is 4. The molecule has 0 saturated carbocycles. The third-order valence-electron chi connectivity index (χ3n) is 3.89. The smallest absolute Gasteiger partial charge is 0.227 e. The standard InChI is InChI=1S/C17H17ClN4O3/c1-22-6-5-12(20-22)3-4-15-19-17(21-25-15)11-9-13(18)16-14(10-11)23-7-2-8-24-16/h5-6,9-10H,2-4,7-8H2,1H3. The Balaban J connectivity index is 1.53. The number of fused-ring (bicyclic) bond motifs is 1. The van der Waals surface area contributed by atoms with Crippen molar-refractivity contribution in [3.63, 3.8) is 0 Å². The van der Waals surface area contributed by atoms with E-state index in [1.807, 2.05) is 25.4 Å². The van der Waals surface area contributed by atoms with Crippen molar-refractivity contribution in [2.75, 3.05) is 13.2 Å². The second kappa shape index (κ2) is 6.76. The topological polar surface area (TPSA) is 75.2 Å². The van der Waals surface area contributed by atoms with Crippen LogP contribution in [0.25, 0.3) is 11.4 Å². The molecule has 0 aliphatic carbocycles. The minimum Gasteiger partial charge on any atom is -0.489 e. The van der Waals surface area contributed by atoms with E-state index in [2.05, 4.69) is 15.2 Å². The fourth-order valence-electron chi connectivity index (χ4n) is 2.67. The monoisotopic (exact) mass is 360 g/mol. The van der Waals surface area contributed by atoms with Crippen LogP contribution in [0.1, 0.15) is 18.0 Å². The largest absolute Gasteiger partial charge is 0.489 e. The highest BCUT2D eigenvalue weighted by molar-refractivity contribution is 6.32. The maximum atomic E-state index is 6.32. The zero-order valence-corrected chi connectivity index (χ0v) is 14.5. The van der Waals surface area contributed by atoms with Crippen molar-refractivity contribution in [1.82, 2.24) is 19.9 Å². The van der Waals surface area contributed by atoms with Gasteiger partial charge in [-0.05, 0) is 18.2 Å². The van der Waals surface area contributed by atoms with Crippen LogP contribution in [-0.2, 0) is 19.9 Å². The van der Waals surface area contributed by atoms with Gasteiger partial charge in [0.15, 0.2) is 11.5 Å². The predicted octanol–water partition coefficient (Wildman–Crippen LogP) is 3.07. The molecule has 25 heavy (non-hydrogen) atoms. The molecule has 2 aromatic heterocycles. The first-order chi connectivity index (χ1) is 12.2. The maximum absolute atomic E-state index is 6.32. The number of nitrogens with zero attached hydrogens (tertiary/aromatic N) is 4. The molecule has 4 rings (SSSR count). The molecule has 0 N–H and O–H groups in total. The number of aromatic nitrogens is 4. The van der Waals surface area contributed by atoms with Crippen LogP contribution in [-0.4, -0.2) is 33.1 Å². The molecule has 1 aromatic carbocycles. The van der Waals surface area contributed by atoms with E-state index < -0.39 is 0 Å². The van der Waals surface area contributed by atoms with Crippen LogP contribution >= 0.6 is 11.6 Å². The molecule has 1 aliphatic rings. The van der Waals surface area contributed by atoms with Gasteiger partial charge in [0.2, 0.25) is 11.7 Å². The number of aryl methyl sites for hydroxylation is 3. The van der Waals surface area contributed by atoms with Crippen molar-refractivity contribution in [2.45, 2.75) is 19.3 Å². The van der Waals surface area contributed by atoms with Gasteiger partial charge in [-0.25, -0.2) is 0 Å². The van der Waals surface area contributed by atoms with Gasteiger partial charge in [0.25, 0.3) is 0 Å². The molecule has 8 heteroatoms. The minimum atomic E-state index is 0.480. The first kappa shape index (κ1) is 16.0. The summed E-state index contributed by atoms with van der Waals surface area (Å²) >= 11 is 6.32. The van der Waals surface area contributed by atoms with E-state index >= 15 is 0 Å². The Morgan fingerprint density at radius 3 is 2.92 bits per heavy atom. The number of halogens is 1. The van der Waals surface area contributed by atoms with Gasteiger partial charge in [0.1, 0.15) is 0 Å². The zero-order valence-electron chi connectivity index (χ0n) is 13.7. The maximum Gasteiger partial charge on any atom is 0.227 e. The molecular weight excluding hydrogens is 344 g/mol. The quantitative estimate of drug-likeness (QED) is 0.711. The number of ether oxygens (including phenoxy) is 2. The lowest BCUT2D eigenvalue weighted by Gasteiger charge is -2.09. The molecule has 0 saturated heterocycles. The molecule has 0 radical (unpaired) electrons. The van der Waals surface area contributed by atoms with E-state index in [-0.39, 0.29) is 0 Å². The Bertz CT molecular complexity index is 890. The Labute approximate surface area is 149 Å². The Morgan fingerprint density at radius 1 is 1.20 bits per heavy atom. The van der Waals surface area contributed by atoms with E-state index in [0.29, 0.717) is 47.9 Å². The molecule has 0 atom stereocenters. The molecule has 3 heterocycles. The van der Waals surface area contributed by atoms with Gasteiger partial charge in [0, 0.05) is 38.1 Å². The van der Waals surface area contributed by atoms with E-state index in [9.17, 15) is 0 Å². The summed E-state index contributed by atoms with van der Waals surface area (Å²) in [6, 6.07) is 5.57. The predicted molar refractivity (Wildman–Crippen MR) is 91.0 cm³/mol. The summed E-state index contributed by atoms with van der Waals surface area (Å²) in [6.45, 7) is 1.18. The van der Waals surface area contributed by atoms with Crippen LogP contribution < -0.4 is 9.47 Å². The van der Waals surface area contributed by atoms with Crippen LogP contribution in [0.4, 0.5) is 0 Å². The zero-order chi connectivity index (χ0) is 17.2. The molecule has 0 unspecified atom stereocenters. The summed E-state index contributed by atoms with van der Waals surface area (Å²) in [4.78, 5) is 4.45. The van der Waals surface area contributed by atoms with Crippen molar-refractivity contribution in [2.24, 2.45) is 7.05 Å². The molecule has 0 fully saturated rings. The van der Waals surface area contributed by atoms with Crippen molar-refractivity contribution >= 4 is 11.6 Å². The summed E-state index contributed by atoms with van der Waals surface area (Å²) in [6.07, 6.45) is 4.10. The van der Waals surface area contributed by atoms with Crippen LogP contribution in [0.15, 0.2) is 28.9 Å². The third kappa shape index (κ3) is 3.46. The summed E-state index contributed by atoms with van der Waals surface area (Å²) in [5.74, 6) is 2.22. The lowest BCUT2D eigenvalue weighted by Crippen LogP contribution is -1.97. The van der Waals surface area contributed by atoms with Gasteiger partial charge in [-0.1, -0.05) is 16.8 Å². The van der Waals surface area contributed by atoms with E-state index in [1.54, 1.807) is 10.7 Å². The normalized spacial score (nSPS) is 13.7. The molecule has 1 aliphatic heterocycles. The van der Waals surface area contributed by atoms with Crippen LogP contribution in [0.2, 0.25) is 5.02 Å². The van der Waals surface area contributed by atoms with Gasteiger partial charge in [-0.15, -0.1) is 0 Å². The number of benzene rings is 1. The molecule has 0 bridgehead atoms. The van der Waals surface area contributed by atoms with Crippen LogP contribution in [0, 0.1) is 0 Å². The van der Waals surface area contributed by atoms with Gasteiger partial charge in [0.05, 0.1) is 23.9 Å². The molecule has 130 valence electrons. The van der Waals surface area contributed by atoms with Crippen molar-refractivity contribution < 1.29 is 14.0 Å². The molecular formula is C17H17ClN4O3. The van der Waals surface area contributed by atoms with Gasteiger partial charge < -0.3 is 14.0 Å². The summed E-state index contributed by atoms with van der Waals surface area (Å²) in [7, 11) is 1.89. The second-order valence-corrected chi connectivity index (χ2v) is 6.24. The number of hydrogen-bond acceptors (Lipinski definition) is 6. The second-order valence-electron chi connectivity index (χ2n) is 5.83. The van der Waals surface area contributed by atoms with Gasteiger partial charge in [-0.2, -0.15) is 10.1 Å². The number of hydrogen-bond donors (Lipinski definition) is 0. The lowest BCUT2D eigenvalue weighted by atomic mass is 10.2. The van der Waals surface area contributed by atoms with Crippen molar-refractivity contribution in [3.8, 4) is 22.9 Å². The lowest BCUT2D eigenvalue weighted by molar-refractivity contribution is 0.297. The van der Waals surface area contributed by atoms with Crippen LogP contribution in [0.3, 0.4) is 0 Å². The molecule has 3 aromatic rings. The Morgan fingerprint density at radius 2 is 2.08 bits per heavy atom. The van der Waals surface area contributed by atoms with Crippen molar-refractivity contribution in [3.05, 3.63) is 41.0 Å². The van der Waals surface area contributed by atoms with Crippen LogP contribution in [0.5, 0.6) is 11.5 Å². The Hall–Kier alpha value is -2.54. The molecule has 7 nitrogen and oxygen atoms in total. The van der Waals surface area contributed by atoms with E-state index in [4.69, 9.17) is 25.6 Å². The third-order valence-corrected chi connectivity index (χ3v) is 4.17. The first-order valence-electron chi connectivity index (χ1n) is 8.09. The molecule has 0 spiro atoms. The highest BCUT2D eigenvalue weighted by Gasteiger charge is 2.18. The highest BCUT2D eigenvalue weighted by atomic mass is 35.5. The Kier molecular flexibility index (Phi) is 4.31. The first-order valence-corrected chi connectivity index (χ1v) is 8.47. The highest BCUT2D eigenvalue weighted by Crippen LogP contribution is 2.40. The summed E-state index contributed by atoms with van der Waals surface area (Å²) < 4.78 is 18.5. The van der Waals surface area contributed by atoms with E-state index in [0.717, 1.165) is 24.1 Å². The fourth-order valence-corrected chi connectivity index (χ4v) is 2.93.